The van der Waals surface area contributed by atoms with Crippen LogP contribution in [0.3, 0.4) is 0 Å². The molecule has 0 fully saturated rings. The molecule has 3 rings (SSSR count). The molecule has 0 aliphatic carbocycles. The molecule has 0 saturated carbocycles. The maximum Gasteiger partial charge on any atom is 0.233 e. The molecule has 0 amide bonds. The summed E-state index contributed by atoms with van der Waals surface area (Å²) in [6.07, 6.45) is 5.55. The largest absolute Gasteiger partial charge is 0.480 e. The minimum absolute atomic E-state index is 0.504. The number of benzene rings is 1. The molecule has 0 spiro atoms. The zero-order valence-electron chi connectivity index (χ0n) is 10.8. The molecule has 1 aliphatic rings. The lowest BCUT2D eigenvalue weighted by molar-refractivity contribution is 0.396. The predicted octanol–water partition coefficient (Wildman–Crippen LogP) is 2.59. The Hall–Kier alpha value is -2.30. The lowest BCUT2D eigenvalue weighted by atomic mass is 10.0. The van der Waals surface area contributed by atoms with Gasteiger partial charge in [-0.15, -0.1) is 0 Å². The molecule has 0 bridgehead atoms. The number of hydrogen-bond donors (Lipinski definition) is 2. The van der Waals surface area contributed by atoms with Gasteiger partial charge >= 0.3 is 0 Å². The molecule has 1 aromatic heterocycles. The van der Waals surface area contributed by atoms with Crippen LogP contribution in [0.1, 0.15) is 12.0 Å². The third kappa shape index (κ3) is 2.59. The van der Waals surface area contributed by atoms with E-state index in [1.165, 1.54) is 17.7 Å². The molecule has 0 unspecified atom stereocenters. The predicted molar refractivity (Wildman–Crippen MR) is 75.1 cm³/mol. The molecule has 19 heavy (non-hydrogen) atoms. The Balaban J connectivity index is 1.82. The Morgan fingerprint density at radius 3 is 3.16 bits per heavy atom. The minimum Gasteiger partial charge on any atom is -0.480 e. The zero-order valence-corrected chi connectivity index (χ0v) is 10.8. The van der Waals surface area contributed by atoms with Crippen molar-refractivity contribution in [1.82, 2.24) is 9.97 Å². The fourth-order valence-electron chi connectivity index (χ4n) is 2.21. The van der Waals surface area contributed by atoms with Gasteiger partial charge in [-0.2, -0.15) is 4.98 Å². The third-order valence-corrected chi connectivity index (χ3v) is 3.14. The highest BCUT2D eigenvalue weighted by molar-refractivity contribution is 5.64. The molecular weight excluding hydrogens is 240 g/mol. The Labute approximate surface area is 112 Å². The van der Waals surface area contributed by atoms with Gasteiger partial charge in [-0.05, 0) is 36.6 Å². The smallest absolute Gasteiger partial charge is 0.233 e. The number of aryl methyl sites for hydroxylation is 1. The number of hydrogen-bond acceptors (Lipinski definition) is 5. The SMILES string of the molecule is COc1cncc(Nc2ccc3c(c2)CCCN3)n1. The minimum atomic E-state index is 0.504. The number of nitrogens with one attached hydrogen (secondary N) is 2. The first kappa shape index (κ1) is 11.8. The van der Waals surface area contributed by atoms with Gasteiger partial charge < -0.3 is 15.4 Å². The van der Waals surface area contributed by atoms with E-state index in [1.807, 2.05) is 6.07 Å². The van der Waals surface area contributed by atoms with Gasteiger partial charge in [-0.25, -0.2) is 0 Å². The summed E-state index contributed by atoms with van der Waals surface area (Å²) in [5.74, 6) is 1.19. The highest BCUT2D eigenvalue weighted by atomic mass is 16.5. The van der Waals surface area contributed by atoms with Crippen LogP contribution in [0.5, 0.6) is 5.88 Å². The first-order valence-electron chi connectivity index (χ1n) is 6.35. The lowest BCUT2D eigenvalue weighted by Crippen LogP contribution is -2.11. The summed E-state index contributed by atoms with van der Waals surface area (Å²) in [7, 11) is 1.58. The maximum atomic E-state index is 5.06. The molecule has 5 heteroatoms. The molecule has 2 N–H and O–H groups in total. The van der Waals surface area contributed by atoms with E-state index in [0.717, 1.165) is 18.7 Å². The van der Waals surface area contributed by atoms with Gasteiger partial charge in [0.1, 0.15) is 0 Å². The monoisotopic (exact) mass is 256 g/mol. The Morgan fingerprint density at radius 1 is 1.32 bits per heavy atom. The van der Waals surface area contributed by atoms with Crippen LogP contribution < -0.4 is 15.4 Å². The van der Waals surface area contributed by atoms with Gasteiger partial charge in [-0.3, -0.25) is 4.98 Å². The van der Waals surface area contributed by atoms with Crippen molar-refractivity contribution >= 4 is 17.2 Å². The summed E-state index contributed by atoms with van der Waals surface area (Å²) < 4.78 is 5.06. The summed E-state index contributed by atoms with van der Waals surface area (Å²) in [6, 6.07) is 6.30. The van der Waals surface area contributed by atoms with E-state index >= 15 is 0 Å². The van der Waals surface area contributed by atoms with Crippen LogP contribution in [0.4, 0.5) is 17.2 Å². The molecule has 98 valence electrons. The first-order valence-corrected chi connectivity index (χ1v) is 6.35. The highest BCUT2D eigenvalue weighted by Crippen LogP contribution is 2.26. The van der Waals surface area contributed by atoms with Gasteiger partial charge in [0.15, 0.2) is 5.82 Å². The van der Waals surface area contributed by atoms with Crippen molar-refractivity contribution in [1.29, 1.82) is 0 Å². The normalized spacial score (nSPS) is 13.3. The zero-order chi connectivity index (χ0) is 13.1. The van der Waals surface area contributed by atoms with Crippen molar-refractivity contribution < 1.29 is 4.74 Å². The standard InChI is InChI=1S/C14H16N4O/c1-19-14-9-15-8-13(18-14)17-11-4-5-12-10(7-11)3-2-6-16-12/h4-5,7-9,16H,2-3,6H2,1H3,(H,17,18). The van der Waals surface area contributed by atoms with Gasteiger partial charge in [0.25, 0.3) is 0 Å². The van der Waals surface area contributed by atoms with Crippen molar-refractivity contribution in [2.24, 2.45) is 0 Å². The lowest BCUT2D eigenvalue weighted by Gasteiger charge is -2.18. The quantitative estimate of drug-likeness (QED) is 0.884. The fourth-order valence-corrected chi connectivity index (χ4v) is 2.21. The van der Waals surface area contributed by atoms with Crippen LogP contribution in [0, 0.1) is 0 Å². The second-order valence-corrected chi connectivity index (χ2v) is 4.47. The average Bonchev–Trinajstić information content (AvgIpc) is 2.47. The van der Waals surface area contributed by atoms with Crippen molar-refractivity contribution in [2.45, 2.75) is 12.8 Å². The Bertz CT molecular complexity index is 585. The van der Waals surface area contributed by atoms with Crippen molar-refractivity contribution in [3.8, 4) is 5.88 Å². The van der Waals surface area contributed by atoms with E-state index in [4.69, 9.17) is 4.74 Å². The number of methoxy groups -OCH3 is 1. The Morgan fingerprint density at radius 2 is 2.26 bits per heavy atom. The first-order chi connectivity index (χ1) is 9.35. The second kappa shape index (κ2) is 5.14. The van der Waals surface area contributed by atoms with Gasteiger partial charge in [0.05, 0.1) is 19.5 Å². The fraction of sp³-hybridized carbons (Fsp3) is 0.286. The van der Waals surface area contributed by atoms with E-state index in [9.17, 15) is 0 Å². The number of fused-ring (bicyclic) bond motifs is 1. The van der Waals surface area contributed by atoms with E-state index < -0.39 is 0 Å². The molecule has 1 aliphatic heterocycles. The molecule has 1 aromatic carbocycles. The summed E-state index contributed by atoms with van der Waals surface area (Å²) >= 11 is 0. The molecule has 0 atom stereocenters. The number of nitrogens with zero attached hydrogens (tertiary/aromatic N) is 2. The van der Waals surface area contributed by atoms with Crippen LogP contribution in [0.15, 0.2) is 30.6 Å². The molecule has 0 saturated heterocycles. The number of anilines is 3. The van der Waals surface area contributed by atoms with Crippen LogP contribution in [-0.4, -0.2) is 23.6 Å². The van der Waals surface area contributed by atoms with Crippen molar-refractivity contribution in [3.63, 3.8) is 0 Å². The van der Waals surface area contributed by atoms with Crippen LogP contribution in [0.2, 0.25) is 0 Å². The van der Waals surface area contributed by atoms with Crippen molar-refractivity contribution in [3.05, 3.63) is 36.2 Å². The summed E-state index contributed by atoms with van der Waals surface area (Å²) in [6.45, 7) is 1.06. The van der Waals surface area contributed by atoms with Crippen molar-refractivity contribution in [2.75, 3.05) is 24.3 Å². The summed E-state index contributed by atoms with van der Waals surface area (Å²) in [5, 5.41) is 6.64. The van der Waals surface area contributed by atoms with Crippen LogP contribution in [-0.2, 0) is 6.42 Å². The highest BCUT2D eigenvalue weighted by Gasteiger charge is 2.09. The molecule has 5 nitrogen and oxygen atoms in total. The van der Waals surface area contributed by atoms with E-state index in [1.54, 1.807) is 19.5 Å². The molecule has 0 radical (unpaired) electrons. The van der Waals surface area contributed by atoms with Gasteiger partial charge in [0, 0.05) is 17.9 Å². The summed E-state index contributed by atoms with van der Waals surface area (Å²) in [5.41, 5.74) is 3.59. The molecular formula is C14H16N4O. The van der Waals surface area contributed by atoms with E-state index in [0.29, 0.717) is 11.7 Å². The Kier molecular flexibility index (Phi) is 3.18. The molecule has 2 heterocycles. The van der Waals surface area contributed by atoms with E-state index in [2.05, 4.69) is 32.7 Å². The maximum absolute atomic E-state index is 5.06. The topological polar surface area (TPSA) is 59.1 Å². The molecule has 2 aromatic rings. The number of rotatable bonds is 3. The number of aromatic nitrogens is 2. The number of ether oxygens (including phenoxy) is 1. The van der Waals surface area contributed by atoms with Crippen LogP contribution >= 0.6 is 0 Å². The second-order valence-electron chi connectivity index (χ2n) is 4.47. The third-order valence-electron chi connectivity index (χ3n) is 3.14. The average molecular weight is 256 g/mol. The van der Waals surface area contributed by atoms with E-state index in [-0.39, 0.29) is 0 Å². The van der Waals surface area contributed by atoms with Gasteiger partial charge in [-0.1, -0.05) is 0 Å². The van der Waals surface area contributed by atoms with Crippen LogP contribution in [0.25, 0.3) is 0 Å². The van der Waals surface area contributed by atoms with Gasteiger partial charge in [0.2, 0.25) is 5.88 Å². The summed E-state index contributed by atoms with van der Waals surface area (Å²) in [4.78, 5) is 8.36.